The lowest BCUT2D eigenvalue weighted by Crippen LogP contribution is -2.48. The molecule has 0 aliphatic carbocycles. The van der Waals surface area contributed by atoms with Gasteiger partial charge in [-0.25, -0.2) is 4.79 Å². The van der Waals surface area contributed by atoms with Gasteiger partial charge < -0.3 is 20.9 Å². The summed E-state index contributed by atoms with van der Waals surface area (Å²) in [6.45, 7) is 1.92. The number of aryl methyl sites for hydroxylation is 1. The number of anilines is 2. The van der Waals surface area contributed by atoms with Crippen LogP contribution in [0.5, 0.6) is 0 Å². The smallest absolute Gasteiger partial charge is 0.323 e. The number of carbonyl (C=O) groups is 2. The average Bonchev–Trinajstić information content (AvgIpc) is 3.06. The van der Waals surface area contributed by atoms with Crippen molar-refractivity contribution in [3.63, 3.8) is 0 Å². The third-order valence-corrected chi connectivity index (χ3v) is 6.08. The number of urea groups is 1. The van der Waals surface area contributed by atoms with Crippen molar-refractivity contribution in [1.29, 1.82) is 0 Å². The van der Waals surface area contributed by atoms with Crippen LogP contribution in [-0.4, -0.2) is 42.0 Å². The van der Waals surface area contributed by atoms with Crippen molar-refractivity contribution < 1.29 is 9.59 Å². The number of fused-ring (bicyclic) bond motifs is 2. The Balaban J connectivity index is 0.00000256. The van der Waals surface area contributed by atoms with E-state index in [1.165, 1.54) is 12.8 Å². The van der Waals surface area contributed by atoms with Gasteiger partial charge in [0.1, 0.15) is 0 Å². The molecular formula is C23H29ClN4O2. The van der Waals surface area contributed by atoms with Gasteiger partial charge in [0.2, 0.25) is 0 Å². The molecule has 4 rings (SSSR count). The van der Waals surface area contributed by atoms with Gasteiger partial charge >= 0.3 is 6.03 Å². The molecule has 2 unspecified atom stereocenters. The molecule has 0 aromatic heterocycles. The molecule has 2 aromatic rings. The van der Waals surface area contributed by atoms with Crippen molar-refractivity contribution in [3.8, 4) is 0 Å². The summed E-state index contributed by atoms with van der Waals surface area (Å²) >= 11 is 0. The van der Waals surface area contributed by atoms with E-state index in [-0.39, 0.29) is 30.4 Å². The Labute approximate surface area is 183 Å². The lowest BCUT2D eigenvalue weighted by molar-refractivity contribution is 0.0681. The fourth-order valence-electron chi connectivity index (χ4n) is 4.41. The van der Waals surface area contributed by atoms with Crippen molar-refractivity contribution in [2.24, 2.45) is 0 Å². The Hall–Kier alpha value is -2.57. The number of piperidine rings is 1. The lowest BCUT2D eigenvalue weighted by atomic mass is 9.97. The molecule has 30 heavy (non-hydrogen) atoms. The van der Waals surface area contributed by atoms with Crippen LogP contribution in [0.1, 0.15) is 41.6 Å². The molecule has 6 nitrogen and oxygen atoms in total. The van der Waals surface area contributed by atoms with Gasteiger partial charge in [-0.1, -0.05) is 24.3 Å². The zero-order valence-corrected chi connectivity index (χ0v) is 18.2. The molecule has 2 heterocycles. The standard InChI is InChI=1S/C23H28N4O2.ClH/c1-15-8-9-16(12-21(15)26-23(29)25-17-6-4-3-5-7-17)22(28)27(2)20-13-18-10-11-19(14-20)24-18;/h3-9,12,18-20,24H,10-11,13-14H2,1-2H3,(H2,25,26,29);1H. The number of hydrogen-bond acceptors (Lipinski definition) is 3. The first kappa shape index (κ1) is 22.1. The molecule has 3 N–H and O–H groups in total. The number of halogens is 1. The number of hydrogen-bond donors (Lipinski definition) is 3. The molecule has 2 saturated heterocycles. The number of para-hydroxylation sites is 1. The first-order chi connectivity index (χ1) is 14.0. The monoisotopic (exact) mass is 428 g/mol. The van der Waals surface area contributed by atoms with E-state index in [1.807, 2.05) is 61.3 Å². The van der Waals surface area contributed by atoms with E-state index < -0.39 is 0 Å². The minimum Gasteiger partial charge on any atom is -0.339 e. The van der Waals surface area contributed by atoms with Crippen molar-refractivity contribution in [1.82, 2.24) is 10.2 Å². The minimum absolute atomic E-state index is 0. The molecule has 2 fully saturated rings. The molecule has 2 bridgehead atoms. The highest BCUT2D eigenvalue weighted by molar-refractivity contribution is 6.02. The second-order valence-electron chi connectivity index (χ2n) is 8.15. The highest BCUT2D eigenvalue weighted by atomic mass is 35.5. The van der Waals surface area contributed by atoms with Gasteiger partial charge in [0.05, 0.1) is 0 Å². The number of nitrogens with zero attached hydrogens (tertiary/aromatic N) is 1. The molecule has 160 valence electrons. The van der Waals surface area contributed by atoms with Gasteiger partial charge in [-0.05, 0) is 62.4 Å². The normalized spacial score (nSPS) is 22.0. The number of rotatable bonds is 4. The van der Waals surface area contributed by atoms with Crippen LogP contribution in [0, 0.1) is 6.92 Å². The zero-order valence-electron chi connectivity index (χ0n) is 17.4. The predicted octanol–water partition coefficient (Wildman–Crippen LogP) is 4.42. The maximum Gasteiger partial charge on any atom is 0.323 e. The van der Waals surface area contributed by atoms with Crippen LogP contribution < -0.4 is 16.0 Å². The zero-order chi connectivity index (χ0) is 20.4. The van der Waals surface area contributed by atoms with Gasteiger partial charge in [0.25, 0.3) is 5.91 Å². The summed E-state index contributed by atoms with van der Waals surface area (Å²) in [6.07, 6.45) is 4.43. The molecule has 0 radical (unpaired) electrons. The molecule has 2 aliphatic heterocycles. The van der Waals surface area contributed by atoms with Crippen molar-refractivity contribution in [3.05, 3.63) is 59.7 Å². The Bertz CT molecular complexity index is 893. The fraction of sp³-hybridized carbons (Fsp3) is 0.391. The van der Waals surface area contributed by atoms with Crippen LogP contribution in [0.4, 0.5) is 16.2 Å². The highest BCUT2D eigenvalue weighted by Crippen LogP contribution is 2.30. The molecule has 2 aliphatic rings. The molecule has 0 spiro atoms. The van der Waals surface area contributed by atoms with Crippen LogP contribution in [0.3, 0.4) is 0 Å². The molecule has 3 amide bonds. The highest BCUT2D eigenvalue weighted by Gasteiger charge is 2.36. The quantitative estimate of drug-likeness (QED) is 0.675. The maximum absolute atomic E-state index is 13.1. The molecule has 2 atom stereocenters. The van der Waals surface area contributed by atoms with Crippen LogP contribution in [0.25, 0.3) is 0 Å². The summed E-state index contributed by atoms with van der Waals surface area (Å²) in [5.74, 6) is 0.00261. The fourth-order valence-corrected chi connectivity index (χ4v) is 4.41. The molecular weight excluding hydrogens is 400 g/mol. The summed E-state index contributed by atoms with van der Waals surface area (Å²) in [5, 5.41) is 9.29. The summed E-state index contributed by atoms with van der Waals surface area (Å²) in [6, 6.07) is 15.8. The van der Waals surface area contributed by atoms with Gasteiger partial charge in [-0.3, -0.25) is 4.79 Å². The van der Waals surface area contributed by atoms with Crippen LogP contribution in [0.15, 0.2) is 48.5 Å². The maximum atomic E-state index is 13.1. The summed E-state index contributed by atoms with van der Waals surface area (Å²) in [5.41, 5.74) is 2.87. The average molecular weight is 429 g/mol. The minimum atomic E-state index is -0.327. The van der Waals surface area contributed by atoms with Gasteiger partial charge in [0.15, 0.2) is 0 Å². The number of amides is 3. The predicted molar refractivity (Wildman–Crippen MR) is 123 cm³/mol. The Morgan fingerprint density at radius 3 is 2.33 bits per heavy atom. The summed E-state index contributed by atoms with van der Waals surface area (Å²) in [7, 11) is 1.90. The van der Waals surface area contributed by atoms with Gasteiger partial charge in [0, 0.05) is 42.1 Å². The Morgan fingerprint density at radius 1 is 1.00 bits per heavy atom. The van der Waals surface area contributed by atoms with Crippen LogP contribution >= 0.6 is 12.4 Å². The second kappa shape index (κ2) is 9.49. The van der Waals surface area contributed by atoms with Crippen molar-refractivity contribution in [2.75, 3.05) is 17.7 Å². The first-order valence-corrected chi connectivity index (χ1v) is 10.3. The third kappa shape index (κ3) is 4.94. The third-order valence-electron chi connectivity index (χ3n) is 6.08. The van der Waals surface area contributed by atoms with Crippen molar-refractivity contribution >= 4 is 35.7 Å². The van der Waals surface area contributed by atoms with E-state index in [4.69, 9.17) is 0 Å². The van der Waals surface area contributed by atoms with E-state index in [1.54, 1.807) is 6.07 Å². The van der Waals surface area contributed by atoms with Gasteiger partial charge in [-0.15, -0.1) is 12.4 Å². The van der Waals surface area contributed by atoms with E-state index in [0.717, 1.165) is 24.1 Å². The molecule has 2 aromatic carbocycles. The SMILES string of the molecule is Cc1ccc(C(=O)N(C)C2CC3CCC(C2)N3)cc1NC(=O)Nc1ccccc1.Cl. The number of nitrogens with one attached hydrogen (secondary N) is 3. The Kier molecular flexibility index (Phi) is 7.00. The summed E-state index contributed by atoms with van der Waals surface area (Å²) in [4.78, 5) is 27.3. The Morgan fingerprint density at radius 2 is 1.67 bits per heavy atom. The molecule has 0 saturated carbocycles. The topological polar surface area (TPSA) is 73.5 Å². The largest absolute Gasteiger partial charge is 0.339 e. The lowest BCUT2D eigenvalue weighted by Gasteiger charge is -2.35. The van der Waals surface area contributed by atoms with Gasteiger partial charge in [-0.2, -0.15) is 0 Å². The van der Waals surface area contributed by atoms with Crippen LogP contribution in [0.2, 0.25) is 0 Å². The van der Waals surface area contributed by atoms with E-state index in [2.05, 4.69) is 16.0 Å². The van der Waals surface area contributed by atoms with E-state index in [0.29, 0.717) is 23.3 Å². The van der Waals surface area contributed by atoms with Crippen molar-refractivity contribution in [2.45, 2.75) is 50.7 Å². The van der Waals surface area contributed by atoms with E-state index in [9.17, 15) is 9.59 Å². The van der Waals surface area contributed by atoms with E-state index >= 15 is 0 Å². The summed E-state index contributed by atoms with van der Waals surface area (Å²) < 4.78 is 0. The second-order valence-corrected chi connectivity index (χ2v) is 8.15. The van der Waals surface area contributed by atoms with Crippen LogP contribution in [-0.2, 0) is 0 Å². The molecule has 7 heteroatoms. The number of benzene rings is 2. The first-order valence-electron chi connectivity index (χ1n) is 10.3. The number of carbonyl (C=O) groups excluding carboxylic acids is 2.